The van der Waals surface area contributed by atoms with E-state index in [2.05, 4.69) is 20.5 Å². The topological polar surface area (TPSA) is 94.5 Å². The average molecular weight is 517 g/mol. The molecule has 1 saturated carbocycles. The number of nitrogens with zero attached hydrogens (tertiary/aromatic N) is 2. The number of rotatable bonds is 8. The van der Waals surface area contributed by atoms with E-state index in [0.717, 1.165) is 10.4 Å². The number of aromatic nitrogens is 2. The van der Waals surface area contributed by atoms with Crippen molar-refractivity contribution >= 4 is 45.4 Å². The Kier molecular flexibility index (Phi) is 7.12. The van der Waals surface area contributed by atoms with Gasteiger partial charge in [-0.15, -0.1) is 16.4 Å². The second-order valence-electron chi connectivity index (χ2n) is 8.06. The first-order chi connectivity index (χ1) is 16.2. The number of aryl methyl sites for hydroxylation is 2. The molecule has 0 aliphatic heterocycles. The first-order valence-corrected chi connectivity index (χ1v) is 12.0. The molecule has 0 unspecified atom stereocenters. The van der Waals surface area contributed by atoms with Gasteiger partial charge in [0.15, 0.2) is 0 Å². The molecule has 2 aromatic rings. The largest absolute Gasteiger partial charge is 0.462 e. The number of hydrogen-bond acceptors (Lipinski definition) is 7. The number of alkyl halides is 3. The second kappa shape index (κ2) is 9.90. The number of esters is 1. The molecule has 2 aromatic heterocycles. The summed E-state index contributed by atoms with van der Waals surface area (Å²) in [6, 6.07) is 1.17. The van der Waals surface area contributed by atoms with Gasteiger partial charge < -0.3 is 20.1 Å². The van der Waals surface area contributed by atoms with Gasteiger partial charge in [-0.1, -0.05) is 12.2 Å². The summed E-state index contributed by atoms with van der Waals surface area (Å²) in [6.45, 7) is -1.14. The minimum absolute atomic E-state index is 0.153. The van der Waals surface area contributed by atoms with E-state index in [1.54, 1.807) is 14.0 Å². The summed E-state index contributed by atoms with van der Waals surface area (Å²) in [5.41, 5.74) is 1.45. The van der Waals surface area contributed by atoms with E-state index in [-0.39, 0.29) is 30.5 Å². The molecule has 2 aliphatic rings. The Balaban J connectivity index is 1.51. The molecule has 0 radical (unpaired) electrons. The Bertz CT molecular complexity index is 1120. The van der Waals surface area contributed by atoms with Crippen molar-refractivity contribution in [1.29, 1.82) is 0 Å². The zero-order chi connectivity index (χ0) is 24.6. The highest BCUT2D eigenvalue weighted by Gasteiger charge is 2.44. The first-order valence-electron chi connectivity index (χ1n) is 10.7. The van der Waals surface area contributed by atoms with E-state index in [0.29, 0.717) is 34.9 Å². The number of fused-ring (bicyclic) bond motifs is 1. The number of ether oxygens (including phenoxy) is 2. The molecule has 8 nitrogen and oxygen atoms in total. The van der Waals surface area contributed by atoms with Crippen molar-refractivity contribution in [3.05, 3.63) is 27.8 Å². The maximum absolute atomic E-state index is 13.3. The van der Waals surface area contributed by atoms with Gasteiger partial charge >= 0.3 is 12.6 Å². The number of nitrogens with one attached hydrogen (secondary N) is 2. The molecule has 0 aromatic carbocycles. The van der Waals surface area contributed by atoms with Crippen molar-refractivity contribution in [2.45, 2.75) is 51.4 Å². The Morgan fingerprint density at radius 3 is 2.79 bits per heavy atom. The summed E-state index contributed by atoms with van der Waals surface area (Å²) >= 11 is 6.75. The van der Waals surface area contributed by atoms with E-state index in [4.69, 9.17) is 17.0 Å². The van der Waals surface area contributed by atoms with Crippen molar-refractivity contribution in [3.8, 4) is 5.88 Å². The highest BCUT2D eigenvalue weighted by atomic mass is 32.1. The van der Waals surface area contributed by atoms with Gasteiger partial charge in [0.25, 0.3) is 0 Å². The molecule has 1 fully saturated rings. The molecule has 0 saturated heterocycles. The molecule has 1 amide bonds. The molecule has 2 N–H and O–H groups in total. The molecular formula is C21H23F3N4O4S2. The van der Waals surface area contributed by atoms with E-state index >= 15 is 0 Å². The summed E-state index contributed by atoms with van der Waals surface area (Å²) in [5.74, 6) is -1.91. The maximum Gasteiger partial charge on any atom is 0.388 e. The number of halogens is 3. The van der Waals surface area contributed by atoms with Gasteiger partial charge in [0.2, 0.25) is 11.8 Å². The molecule has 34 heavy (non-hydrogen) atoms. The Morgan fingerprint density at radius 2 is 2.15 bits per heavy atom. The van der Waals surface area contributed by atoms with E-state index < -0.39 is 30.6 Å². The van der Waals surface area contributed by atoms with Crippen LogP contribution in [0.4, 0.5) is 18.2 Å². The Labute approximate surface area is 202 Å². The lowest BCUT2D eigenvalue weighted by Crippen LogP contribution is -2.39. The predicted octanol–water partition coefficient (Wildman–Crippen LogP) is 3.38. The summed E-state index contributed by atoms with van der Waals surface area (Å²) in [4.78, 5) is 26.3. The van der Waals surface area contributed by atoms with Crippen LogP contribution in [0, 0.1) is 5.92 Å². The minimum atomic E-state index is -2.99. The molecule has 0 spiro atoms. The fourth-order valence-electron chi connectivity index (χ4n) is 3.92. The average Bonchev–Trinajstić information content (AvgIpc) is 3.22. The molecule has 4 rings (SSSR count). The molecule has 0 bridgehead atoms. The van der Waals surface area contributed by atoms with Crippen molar-refractivity contribution in [2.24, 2.45) is 13.0 Å². The number of hydrogen-bond donors (Lipinski definition) is 2. The van der Waals surface area contributed by atoms with E-state index in [1.165, 1.54) is 22.1 Å². The first kappa shape index (κ1) is 24.5. The minimum Gasteiger partial charge on any atom is -0.462 e. The van der Waals surface area contributed by atoms with Crippen molar-refractivity contribution in [3.63, 3.8) is 0 Å². The maximum atomic E-state index is 13.3. The molecular weight excluding hydrogens is 493 g/mol. The highest BCUT2D eigenvalue weighted by Crippen LogP contribution is 2.41. The number of thiocarbonyl (C=S) groups is 1. The quantitative estimate of drug-likeness (QED) is 0.410. The Morgan fingerprint density at radius 1 is 1.41 bits per heavy atom. The van der Waals surface area contributed by atoms with Crippen molar-refractivity contribution < 1.29 is 32.2 Å². The standard InChI is InChI=1S/C21H23F3N4O4S2/c1-3-31-20(30)16-11-6-9(25-18(33)13-8-15(27-28(13)2)32-21(23)24)4-5-14(11)34-19(16)26-17(29)10-7-12(10)22/h8-10,12,21H,3-7H2,1-2H3,(H,25,33)(H,26,29)/t9-,10-,12-/m0/s1. The molecule has 184 valence electrons. The third kappa shape index (κ3) is 5.19. The van der Waals surface area contributed by atoms with Crippen molar-refractivity contribution in [1.82, 2.24) is 15.1 Å². The van der Waals surface area contributed by atoms with E-state index in [9.17, 15) is 22.8 Å². The van der Waals surface area contributed by atoms with Gasteiger partial charge in [-0.05, 0) is 38.2 Å². The third-order valence-electron chi connectivity index (χ3n) is 5.66. The molecule has 3 atom stereocenters. The van der Waals surface area contributed by atoms with Gasteiger partial charge in [-0.25, -0.2) is 9.18 Å². The SMILES string of the molecule is CCOC(=O)c1c(NC(=O)[C@H]2C[C@@H]2F)sc2c1C[C@@H](NC(=S)c1cc(OC(F)F)nn1C)CC2. The fourth-order valence-corrected chi connectivity index (χ4v) is 5.51. The number of carbonyl (C=O) groups excluding carboxylic acids is 2. The van der Waals surface area contributed by atoms with Crippen LogP contribution in [0.5, 0.6) is 5.88 Å². The normalized spacial score (nSPS) is 21.1. The number of anilines is 1. The highest BCUT2D eigenvalue weighted by molar-refractivity contribution is 7.80. The third-order valence-corrected chi connectivity index (χ3v) is 7.20. The number of amides is 1. The van der Waals surface area contributed by atoms with Crippen LogP contribution in [-0.4, -0.2) is 52.1 Å². The van der Waals surface area contributed by atoms with Gasteiger partial charge in [0, 0.05) is 24.0 Å². The zero-order valence-electron chi connectivity index (χ0n) is 18.4. The lowest BCUT2D eigenvalue weighted by atomic mass is 9.91. The Hall–Kier alpha value is -2.67. The van der Waals surface area contributed by atoms with Gasteiger partial charge in [0.1, 0.15) is 16.2 Å². The van der Waals surface area contributed by atoms with Crippen LogP contribution in [0.3, 0.4) is 0 Å². The summed E-state index contributed by atoms with van der Waals surface area (Å²) in [7, 11) is 1.56. The summed E-state index contributed by atoms with van der Waals surface area (Å²) < 4.78 is 49.2. The van der Waals surface area contributed by atoms with Crippen LogP contribution in [-0.2, 0) is 29.4 Å². The summed E-state index contributed by atoms with van der Waals surface area (Å²) in [5, 5.41) is 10.2. The number of thiophene rings is 1. The van der Waals surface area contributed by atoms with Gasteiger partial charge in [-0.3, -0.25) is 9.48 Å². The van der Waals surface area contributed by atoms with Crippen LogP contribution in [0.25, 0.3) is 0 Å². The van der Waals surface area contributed by atoms with Crippen LogP contribution in [0.2, 0.25) is 0 Å². The van der Waals surface area contributed by atoms with Gasteiger partial charge in [-0.2, -0.15) is 8.78 Å². The van der Waals surface area contributed by atoms with Crippen LogP contribution >= 0.6 is 23.6 Å². The zero-order valence-corrected chi connectivity index (χ0v) is 20.0. The molecule has 13 heteroatoms. The van der Waals surface area contributed by atoms with Crippen LogP contribution in [0.1, 0.15) is 46.3 Å². The van der Waals surface area contributed by atoms with Crippen molar-refractivity contribution in [2.75, 3.05) is 11.9 Å². The van der Waals surface area contributed by atoms with Crippen LogP contribution < -0.4 is 15.4 Å². The fraction of sp³-hybridized carbons (Fsp3) is 0.524. The van der Waals surface area contributed by atoms with Gasteiger partial charge in [0.05, 0.1) is 23.8 Å². The lowest BCUT2D eigenvalue weighted by Gasteiger charge is -2.25. The smallest absolute Gasteiger partial charge is 0.388 e. The monoisotopic (exact) mass is 516 g/mol. The molecule has 2 heterocycles. The predicted molar refractivity (Wildman–Crippen MR) is 122 cm³/mol. The summed E-state index contributed by atoms with van der Waals surface area (Å²) in [6.07, 6.45) is 0.796. The van der Waals surface area contributed by atoms with E-state index in [1.807, 2.05) is 0 Å². The number of carbonyl (C=O) groups is 2. The molecule has 2 aliphatic carbocycles. The van der Waals surface area contributed by atoms with Crippen LogP contribution in [0.15, 0.2) is 6.07 Å². The lowest BCUT2D eigenvalue weighted by molar-refractivity contribution is -0.117. The second-order valence-corrected chi connectivity index (χ2v) is 9.57.